The molecule has 2 aromatic carbocycles. The average molecular weight is 481 g/mol. The Morgan fingerprint density at radius 1 is 1.09 bits per heavy atom. The molecule has 0 saturated heterocycles. The lowest BCUT2D eigenvalue weighted by molar-refractivity contribution is -0.384. The minimum Gasteiger partial charge on any atom is -0.406 e. The molecule has 0 saturated carbocycles. The van der Waals surface area contributed by atoms with E-state index in [4.69, 9.17) is 0 Å². The van der Waals surface area contributed by atoms with Crippen LogP contribution < -0.4 is 15.4 Å². The molecular formula is C18H10F3N5O4S2. The van der Waals surface area contributed by atoms with Gasteiger partial charge in [0, 0.05) is 23.2 Å². The van der Waals surface area contributed by atoms with E-state index >= 15 is 0 Å². The van der Waals surface area contributed by atoms with E-state index in [-0.39, 0.29) is 22.3 Å². The van der Waals surface area contributed by atoms with Gasteiger partial charge in [-0.15, -0.1) is 24.5 Å². The normalized spacial score (nSPS) is 11.3. The molecule has 0 unspecified atom stereocenters. The molecule has 1 amide bonds. The van der Waals surface area contributed by atoms with E-state index in [9.17, 15) is 28.1 Å². The van der Waals surface area contributed by atoms with Gasteiger partial charge in [-0.1, -0.05) is 11.3 Å². The molecule has 9 nitrogen and oxygen atoms in total. The predicted octanol–water partition coefficient (Wildman–Crippen LogP) is 5.56. The van der Waals surface area contributed by atoms with Gasteiger partial charge in [0.15, 0.2) is 10.3 Å². The van der Waals surface area contributed by atoms with Crippen molar-refractivity contribution in [2.24, 2.45) is 0 Å². The first-order valence-corrected chi connectivity index (χ1v) is 10.3. The maximum Gasteiger partial charge on any atom is 0.573 e. The molecule has 0 radical (unpaired) electrons. The number of halogens is 3. The van der Waals surface area contributed by atoms with E-state index in [2.05, 4.69) is 25.3 Å². The summed E-state index contributed by atoms with van der Waals surface area (Å²) in [6.45, 7) is 0. The smallest absolute Gasteiger partial charge is 0.406 e. The topological polar surface area (TPSA) is 119 Å². The highest BCUT2D eigenvalue weighted by Gasteiger charge is 2.31. The fraction of sp³-hybridized carbons (Fsp3) is 0.0556. The summed E-state index contributed by atoms with van der Waals surface area (Å²) < 4.78 is 41.0. The molecule has 0 aliphatic heterocycles. The number of nitro benzene ring substituents is 1. The number of nitrogens with zero attached hydrogens (tertiary/aromatic N) is 3. The maximum absolute atomic E-state index is 12.4. The number of ether oxygens (including phenoxy) is 1. The number of hydrogen-bond donors (Lipinski definition) is 2. The zero-order valence-electron chi connectivity index (χ0n) is 15.5. The van der Waals surface area contributed by atoms with E-state index in [1.165, 1.54) is 35.7 Å². The summed E-state index contributed by atoms with van der Waals surface area (Å²) in [5.41, 5.74) is 0.982. The van der Waals surface area contributed by atoms with Crippen LogP contribution in [0, 0.1) is 10.1 Å². The summed E-state index contributed by atoms with van der Waals surface area (Å²) in [5.74, 6) is -0.889. The number of benzene rings is 2. The highest BCUT2D eigenvalue weighted by atomic mass is 32.1. The number of nitro groups is 1. The predicted molar refractivity (Wildman–Crippen MR) is 113 cm³/mol. The SMILES string of the molecule is O=C(Nc1nc2ccc([N+](=O)[O-])cc2s1)c1csc(Nc2ccc(OC(F)(F)F)cc2)n1. The average Bonchev–Trinajstić information content (AvgIpc) is 3.34. The van der Waals surface area contributed by atoms with Crippen molar-refractivity contribution in [1.82, 2.24) is 9.97 Å². The third-order valence-electron chi connectivity index (χ3n) is 3.88. The summed E-state index contributed by atoms with van der Waals surface area (Å²) in [6, 6.07) is 9.25. The molecular weight excluding hydrogens is 471 g/mol. The van der Waals surface area contributed by atoms with E-state index in [0.717, 1.165) is 34.8 Å². The zero-order chi connectivity index (χ0) is 22.9. The minimum atomic E-state index is -4.77. The lowest BCUT2D eigenvalue weighted by Crippen LogP contribution is -2.16. The number of thiazole rings is 2. The summed E-state index contributed by atoms with van der Waals surface area (Å²) in [7, 11) is 0. The fourth-order valence-corrected chi connectivity index (χ4v) is 4.15. The quantitative estimate of drug-likeness (QED) is 0.273. The first kappa shape index (κ1) is 21.5. The van der Waals surface area contributed by atoms with Crippen LogP contribution in [0.15, 0.2) is 47.8 Å². The molecule has 32 heavy (non-hydrogen) atoms. The van der Waals surface area contributed by atoms with Gasteiger partial charge in [0.05, 0.1) is 15.1 Å². The Morgan fingerprint density at radius 3 is 2.53 bits per heavy atom. The molecule has 2 N–H and O–H groups in total. The maximum atomic E-state index is 12.4. The van der Waals surface area contributed by atoms with Crippen molar-refractivity contribution in [2.45, 2.75) is 6.36 Å². The summed E-state index contributed by atoms with van der Waals surface area (Å²) in [6.07, 6.45) is -4.77. The molecule has 0 spiro atoms. The number of amides is 1. The number of carbonyl (C=O) groups is 1. The molecule has 4 aromatic rings. The number of alkyl halides is 3. The number of rotatable bonds is 6. The van der Waals surface area contributed by atoms with Crippen LogP contribution in [0.25, 0.3) is 10.2 Å². The fourth-order valence-electron chi connectivity index (χ4n) is 2.54. The van der Waals surface area contributed by atoms with Gasteiger partial charge in [0.25, 0.3) is 11.6 Å². The van der Waals surface area contributed by atoms with Crippen LogP contribution in [0.2, 0.25) is 0 Å². The Labute approximate surface area is 184 Å². The second-order valence-electron chi connectivity index (χ2n) is 6.12. The Morgan fingerprint density at radius 2 is 1.84 bits per heavy atom. The second-order valence-corrected chi connectivity index (χ2v) is 8.01. The van der Waals surface area contributed by atoms with Crippen molar-refractivity contribution >= 4 is 60.4 Å². The second kappa shape index (κ2) is 8.39. The van der Waals surface area contributed by atoms with Gasteiger partial charge < -0.3 is 10.1 Å². The molecule has 0 atom stereocenters. The van der Waals surface area contributed by atoms with E-state index < -0.39 is 17.2 Å². The van der Waals surface area contributed by atoms with Gasteiger partial charge in [-0.2, -0.15) is 0 Å². The number of aromatic nitrogens is 2. The molecule has 0 fully saturated rings. The van der Waals surface area contributed by atoms with E-state index in [1.807, 2.05) is 0 Å². The van der Waals surface area contributed by atoms with Gasteiger partial charge in [-0.3, -0.25) is 20.2 Å². The van der Waals surface area contributed by atoms with Crippen LogP contribution in [-0.2, 0) is 0 Å². The first-order chi connectivity index (χ1) is 15.2. The van der Waals surface area contributed by atoms with Crippen molar-refractivity contribution < 1.29 is 27.6 Å². The zero-order valence-corrected chi connectivity index (χ0v) is 17.2. The van der Waals surface area contributed by atoms with Crippen LogP contribution in [-0.4, -0.2) is 27.2 Å². The van der Waals surface area contributed by atoms with Crippen LogP contribution in [0.1, 0.15) is 10.5 Å². The number of non-ortho nitro benzene ring substituents is 1. The minimum absolute atomic E-state index is 0.0766. The molecule has 0 aliphatic carbocycles. The van der Waals surface area contributed by atoms with Gasteiger partial charge >= 0.3 is 6.36 Å². The Kier molecular flexibility index (Phi) is 5.63. The van der Waals surface area contributed by atoms with Gasteiger partial charge in [-0.05, 0) is 30.3 Å². The number of hydrogen-bond acceptors (Lipinski definition) is 9. The number of fused-ring (bicyclic) bond motifs is 1. The van der Waals surface area contributed by atoms with Crippen molar-refractivity contribution in [3.63, 3.8) is 0 Å². The molecule has 14 heteroatoms. The molecule has 4 rings (SSSR count). The third kappa shape index (κ3) is 5.09. The largest absolute Gasteiger partial charge is 0.573 e. The lowest BCUT2D eigenvalue weighted by atomic mass is 10.3. The number of carbonyl (C=O) groups excluding carboxylic acids is 1. The Hall–Kier alpha value is -3.78. The Bertz CT molecular complexity index is 1300. The van der Waals surface area contributed by atoms with Crippen LogP contribution >= 0.6 is 22.7 Å². The number of anilines is 3. The van der Waals surface area contributed by atoms with Crippen LogP contribution in [0.3, 0.4) is 0 Å². The standard InChI is InChI=1S/C18H10F3N5O4S2/c19-18(20,21)30-11-4-1-9(2-5-11)22-16-24-13(8-31-16)15(27)25-17-23-12-6-3-10(26(28)29)7-14(12)32-17/h1-8H,(H,22,24)(H,23,25,27). The summed E-state index contributed by atoms with van der Waals surface area (Å²) >= 11 is 2.21. The van der Waals surface area contributed by atoms with Gasteiger partial charge in [-0.25, -0.2) is 9.97 Å². The molecule has 2 aromatic heterocycles. The molecule has 0 bridgehead atoms. The van der Waals surface area contributed by atoms with Gasteiger partial charge in [0.1, 0.15) is 11.4 Å². The van der Waals surface area contributed by atoms with E-state index in [1.54, 1.807) is 0 Å². The summed E-state index contributed by atoms with van der Waals surface area (Å²) in [5, 5.41) is 18.5. The molecule has 0 aliphatic rings. The Balaban J connectivity index is 1.41. The monoisotopic (exact) mass is 481 g/mol. The third-order valence-corrected chi connectivity index (χ3v) is 5.57. The van der Waals surface area contributed by atoms with E-state index in [0.29, 0.717) is 21.0 Å². The van der Waals surface area contributed by atoms with Gasteiger partial charge in [0.2, 0.25) is 0 Å². The molecule has 164 valence electrons. The first-order valence-electron chi connectivity index (χ1n) is 8.61. The molecule has 2 heterocycles. The van der Waals surface area contributed by atoms with Crippen LogP contribution in [0.5, 0.6) is 5.75 Å². The number of nitrogens with one attached hydrogen (secondary N) is 2. The highest BCUT2D eigenvalue weighted by Crippen LogP contribution is 2.30. The van der Waals surface area contributed by atoms with Crippen molar-refractivity contribution in [3.8, 4) is 5.75 Å². The van der Waals surface area contributed by atoms with Crippen molar-refractivity contribution in [3.05, 3.63) is 63.7 Å². The lowest BCUT2D eigenvalue weighted by Gasteiger charge is -2.09. The van der Waals surface area contributed by atoms with Crippen molar-refractivity contribution in [2.75, 3.05) is 10.6 Å². The van der Waals surface area contributed by atoms with Crippen molar-refractivity contribution in [1.29, 1.82) is 0 Å². The summed E-state index contributed by atoms with van der Waals surface area (Å²) in [4.78, 5) is 31.2. The highest BCUT2D eigenvalue weighted by molar-refractivity contribution is 7.22. The van der Waals surface area contributed by atoms with Crippen LogP contribution in [0.4, 0.5) is 34.8 Å².